The Morgan fingerprint density at radius 1 is 1.07 bits per heavy atom. The molecule has 6 atom stereocenters. The first-order valence-electron chi connectivity index (χ1n) is 11.5. The summed E-state index contributed by atoms with van der Waals surface area (Å²) >= 11 is 0. The summed E-state index contributed by atoms with van der Waals surface area (Å²) in [5.74, 6) is 2.48. The highest BCUT2D eigenvalue weighted by Gasteiger charge is 2.56. The number of ether oxygens (including phenoxy) is 1. The minimum Gasteiger partial charge on any atom is -0.378 e. The molecule has 1 aromatic rings. The molecule has 3 unspecified atom stereocenters. The Balaban J connectivity index is 1.42. The van der Waals surface area contributed by atoms with E-state index in [2.05, 4.69) is 56.2 Å². The van der Waals surface area contributed by atoms with E-state index in [-0.39, 0.29) is 0 Å². The highest BCUT2D eigenvalue weighted by Crippen LogP contribution is 2.66. The molecule has 150 valence electrons. The Labute approximate surface area is 170 Å². The Morgan fingerprint density at radius 3 is 2.71 bits per heavy atom. The van der Waals surface area contributed by atoms with Gasteiger partial charge in [0.25, 0.3) is 0 Å². The van der Waals surface area contributed by atoms with Crippen LogP contribution in [0.2, 0.25) is 0 Å². The molecule has 1 heterocycles. The van der Waals surface area contributed by atoms with Crippen LogP contribution in [-0.2, 0) is 4.74 Å². The third-order valence-corrected chi connectivity index (χ3v) is 9.01. The van der Waals surface area contributed by atoms with Crippen molar-refractivity contribution in [1.29, 1.82) is 0 Å². The van der Waals surface area contributed by atoms with Crippen LogP contribution in [0.4, 0.5) is 0 Å². The summed E-state index contributed by atoms with van der Waals surface area (Å²) in [6.07, 6.45) is 18.6. The Morgan fingerprint density at radius 2 is 1.93 bits per heavy atom. The van der Waals surface area contributed by atoms with Gasteiger partial charge in [-0.15, -0.1) is 0 Å². The minimum absolute atomic E-state index is 0.328. The van der Waals surface area contributed by atoms with Crippen molar-refractivity contribution in [1.82, 2.24) is 4.98 Å². The van der Waals surface area contributed by atoms with E-state index in [1.807, 2.05) is 6.20 Å². The molecule has 0 amide bonds. The van der Waals surface area contributed by atoms with Gasteiger partial charge in [0.05, 0.1) is 6.10 Å². The van der Waals surface area contributed by atoms with E-state index < -0.39 is 0 Å². The third-order valence-electron chi connectivity index (χ3n) is 9.01. The van der Waals surface area contributed by atoms with Gasteiger partial charge in [0.2, 0.25) is 0 Å². The lowest BCUT2D eigenvalue weighted by molar-refractivity contribution is -0.0366. The standard InChI is InChI=1S/C26H35NO/c1-4-28-20-11-13-25(2)19(16-20)7-8-21-23-10-9-22(18-6-5-15-27-17-18)26(23,3)14-12-24(21)25/h5-7,9,15,17,20-21,23-24H,4,8,10-14,16H2,1-3H3/t20-,21?,23?,24?,25-,26+/m0/s1. The van der Waals surface area contributed by atoms with Gasteiger partial charge in [-0.3, -0.25) is 4.98 Å². The molecule has 5 rings (SSSR count). The first-order chi connectivity index (χ1) is 13.6. The van der Waals surface area contributed by atoms with Gasteiger partial charge in [0.1, 0.15) is 0 Å². The quantitative estimate of drug-likeness (QED) is 0.565. The van der Waals surface area contributed by atoms with Crippen molar-refractivity contribution >= 4 is 5.57 Å². The van der Waals surface area contributed by atoms with Crippen LogP contribution < -0.4 is 0 Å². The number of fused-ring (bicyclic) bond motifs is 5. The molecule has 0 bridgehead atoms. The maximum absolute atomic E-state index is 6.01. The number of nitrogens with zero attached hydrogens (tertiary/aromatic N) is 1. The molecule has 2 fully saturated rings. The number of pyridine rings is 1. The van der Waals surface area contributed by atoms with Crippen molar-refractivity contribution in [3.8, 4) is 0 Å². The number of hydrogen-bond acceptors (Lipinski definition) is 2. The summed E-state index contributed by atoms with van der Waals surface area (Å²) in [7, 11) is 0. The van der Waals surface area contributed by atoms with Gasteiger partial charge in [0.15, 0.2) is 0 Å². The zero-order chi connectivity index (χ0) is 19.4. The minimum atomic E-state index is 0.328. The van der Waals surface area contributed by atoms with Crippen LogP contribution in [0.3, 0.4) is 0 Å². The number of rotatable bonds is 3. The van der Waals surface area contributed by atoms with Crippen molar-refractivity contribution in [3.05, 3.63) is 47.8 Å². The Bertz CT molecular complexity index is 796. The summed E-state index contributed by atoms with van der Waals surface area (Å²) in [6.45, 7) is 8.12. The normalized spacial score (nSPS) is 42.1. The maximum Gasteiger partial charge on any atom is 0.0612 e. The molecule has 2 heteroatoms. The molecular formula is C26H35NO. The second-order valence-corrected chi connectivity index (χ2v) is 10.1. The van der Waals surface area contributed by atoms with E-state index in [9.17, 15) is 0 Å². The van der Waals surface area contributed by atoms with E-state index in [0.29, 0.717) is 16.9 Å². The average Bonchev–Trinajstić information content (AvgIpc) is 3.06. The largest absolute Gasteiger partial charge is 0.378 e. The van der Waals surface area contributed by atoms with Crippen LogP contribution >= 0.6 is 0 Å². The Kier molecular flexibility index (Phi) is 4.54. The molecule has 0 saturated heterocycles. The molecule has 2 saturated carbocycles. The lowest BCUT2D eigenvalue weighted by atomic mass is 9.47. The first kappa shape index (κ1) is 18.6. The predicted octanol–water partition coefficient (Wildman–Crippen LogP) is 6.44. The van der Waals surface area contributed by atoms with Crippen LogP contribution in [0.25, 0.3) is 5.57 Å². The van der Waals surface area contributed by atoms with Crippen molar-refractivity contribution in [2.24, 2.45) is 28.6 Å². The number of hydrogen-bond donors (Lipinski definition) is 0. The summed E-state index contributed by atoms with van der Waals surface area (Å²) in [6, 6.07) is 4.35. The zero-order valence-corrected chi connectivity index (χ0v) is 17.8. The monoisotopic (exact) mass is 377 g/mol. The van der Waals surface area contributed by atoms with Crippen LogP contribution in [-0.4, -0.2) is 17.7 Å². The third kappa shape index (κ3) is 2.67. The average molecular weight is 378 g/mol. The van der Waals surface area contributed by atoms with Crippen molar-refractivity contribution in [3.63, 3.8) is 0 Å². The van der Waals surface area contributed by atoms with E-state index in [1.165, 1.54) is 50.5 Å². The van der Waals surface area contributed by atoms with Gasteiger partial charge in [-0.1, -0.05) is 37.6 Å². The van der Waals surface area contributed by atoms with Gasteiger partial charge < -0.3 is 4.74 Å². The van der Waals surface area contributed by atoms with Crippen molar-refractivity contribution in [2.45, 2.75) is 71.8 Å². The molecule has 0 aromatic carbocycles. The molecule has 4 aliphatic carbocycles. The van der Waals surface area contributed by atoms with Crippen LogP contribution in [0.5, 0.6) is 0 Å². The lowest BCUT2D eigenvalue weighted by Crippen LogP contribution is -2.50. The SMILES string of the molecule is CCO[C@H]1CC[C@@]2(C)C(=CCC3C2CC[C@]2(C)C(c4cccnc4)=CCC32)C1. The molecule has 4 aliphatic rings. The van der Waals surface area contributed by atoms with E-state index >= 15 is 0 Å². The highest BCUT2D eigenvalue weighted by molar-refractivity contribution is 5.72. The second-order valence-electron chi connectivity index (χ2n) is 10.1. The maximum atomic E-state index is 6.01. The van der Waals surface area contributed by atoms with Crippen LogP contribution in [0.15, 0.2) is 42.3 Å². The topological polar surface area (TPSA) is 22.1 Å². The van der Waals surface area contributed by atoms with Gasteiger partial charge in [-0.2, -0.15) is 0 Å². The lowest BCUT2D eigenvalue weighted by Gasteiger charge is -2.58. The zero-order valence-electron chi connectivity index (χ0n) is 17.8. The van der Waals surface area contributed by atoms with Gasteiger partial charge in [-0.05, 0) is 97.7 Å². The molecule has 2 nitrogen and oxygen atoms in total. The molecule has 0 spiro atoms. The molecule has 0 radical (unpaired) electrons. The fraction of sp³-hybridized carbons (Fsp3) is 0.654. The molecule has 1 aromatic heterocycles. The van der Waals surface area contributed by atoms with E-state index in [1.54, 1.807) is 11.1 Å². The predicted molar refractivity (Wildman–Crippen MR) is 115 cm³/mol. The highest BCUT2D eigenvalue weighted by atomic mass is 16.5. The van der Waals surface area contributed by atoms with Gasteiger partial charge >= 0.3 is 0 Å². The first-order valence-corrected chi connectivity index (χ1v) is 11.5. The van der Waals surface area contributed by atoms with E-state index in [0.717, 1.165) is 24.4 Å². The van der Waals surface area contributed by atoms with Crippen LogP contribution in [0, 0.1) is 28.6 Å². The second kappa shape index (κ2) is 6.83. The van der Waals surface area contributed by atoms with Gasteiger partial charge in [-0.25, -0.2) is 0 Å². The molecular weight excluding hydrogens is 342 g/mol. The fourth-order valence-electron chi connectivity index (χ4n) is 7.54. The summed E-state index contributed by atoms with van der Waals surface area (Å²) in [5.41, 5.74) is 5.38. The molecule has 0 N–H and O–H groups in total. The Hall–Kier alpha value is -1.41. The molecule has 0 aliphatic heterocycles. The smallest absolute Gasteiger partial charge is 0.0612 e. The summed E-state index contributed by atoms with van der Waals surface area (Å²) in [4.78, 5) is 4.40. The molecule has 28 heavy (non-hydrogen) atoms. The fourth-order valence-corrected chi connectivity index (χ4v) is 7.54. The summed E-state index contributed by atoms with van der Waals surface area (Å²) < 4.78 is 6.01. The van der Waals surface area contributed by atoms with Crippen molar-refractivity contribution in [2.75, 3.05) is 6.61 Å². The van der Waals surface area contributed by atoms with E-state index in [4.69, 9.17) is 4.74 Å². The number of allylic oxidation sites excluding steroid dienone is 3. The van der Waals surface area contributed by atoms with Crippen LogP contribution in [0.1, 0.15) is 71.3 Å². The summed E-state index contributed by atoms with van der Waals surface area (Å²) in [5, 5.41) is 0. The number of aromatic nitrogens is 1. The van der Waals surface area contributed by atoms with Gasteiger partial charge in [0, 0.05) is 19.0 Å². The van der Waals surface area contributed by atoms with Crippen molar-refractivity contribution < 1.29 is 4.74 Å².